The van der Waals surface area contributed by atoms with Crippen molar-refractivity contribution in [1.82, 2.24) is 19.4 Å². The number of hydrogen-bond acceptors (Lipinski definition) is 5. The molecule has 0 aliphatic heterocycles. The Hall–Kier alpha value is -2.48. The molecule has 2 aromatic rings. The van der Waals surface area contributed by atoms with E-state index in [1.54, 1.807) is 7.05 Å². The molecule has 0 spiro atoms. The molecule has 0 bridgehead atoms. The fourth-order valence-electron chi connectivity index (χ4n) is 3.52. The van der Waals surface area contributed by atoms with Crippen LogP contribution in [0, 0.1) is 5.92 Å². The standard InChI is InChI=1S/C17H23N5O3/c1-21-14-12(16(24)22(2)17(21)25)7-11(9-19-14)15(23)20-13-6-4-3-5-10(13)8-18/h7,9-10,13H,3-6,8,18H2,1-2H3,(H,20,23). The van der Waals surface area contributed by atoms with Gasteiger partial charge in [-0.25, -0.2) is 9.78 Å². The Labute approximate surface area is 144 Å². The molecule has 1 aliphatic carbocycles. The smallest absolute Gasteiger partial charge is 0.332 e. The number of amides is 1. The number of carbonyl (C=O) groups is 1. The number of nitrogens with zero attached hydrogens (tertiary/aromatic N) is 3. The van der Waals surface area contributed by atoms with E-state index in [1.807, 2.05) is 0 Å². The van der Waals surface area contributed by atoms with Gasteiger partial charge in [0.2, 0.25) is 0 Å². The van der Waals surface area contributed by atoms with Crippen molar-refractivity contribution in [1.29, 1.82) is 0 Å². The molecule has 0 aromatic carbocycles. The quantitative estimate of drug-likeness (QED) is 0.805. The SMILES string of the molecule is Cn1c(=O)c2cc(C(=O)NC3CCCCC3CN)cnc2n(C)c1=O. The van der Waals surface area contributed by atoms with Gasteiger partial charge >= 0.3 is 5.69 Å². The maximum atomic E-state index is 12.6. The molecular formula is C17H23N5O3. The Kier molecular flexibility index (Phi) is 4.71. The average Bonchev–Trinajstić information content (AvgIpc) is 2.64. The van der Waals surface area contributed by atoms with Crippen LogP contribution in [0.25, 0.3) is 11.0 Å². The molecule has 134 valence electrons. The Balaban J connectivity index is 1.95. The van der Waals surface area contributed by atoms with E-state index >= 15 is 0 Å². The monoisotopic (exact) mass is 345 g/mol. The highest BCUT2D eigenvalue weighted by Gasteiger charge is 2.26. The molecule has 0 radical (unpaired) electrons. The van der Waals surface area contributed by atoms with Crippen molar-refractivity contribution < 1.29 is 4.79 Å². The number of carbonyl (C=O) groups excluding carboxylic acids is 1. The molecule has 2 unspecified atom stereocenters. The highest BCUT2D eigenvalue weighted by molar-refractivity contribution is 5.96. The average molecular weight is 345 g/mol. The molecule has 1 amide bonds. The summed E-state index contributed by atoms with van der Waals surface area (Å²) in [4.78, 5) is 41.0. The summed E-state index contributed by atoms with van der Waals surface area (Å²) in [6.45, 7) is 0.545. The van der Waals surface area contributed by atoms with E-state index in [0.717, 1.165) is 30.3 Å². The van der Waals surface area contributed by atoms with Gasteiger partial charge in [0, 0.05) is 26.3 Å². The zero-order valence-corrected chi connectivity index (χ0v) is 14.5. The summed E-state index contributed by atoms with van der Waals surface area (Å²) in [5, 5.41) is 3.27. The van der Waals surface area contributed by atoms with Gasteiger partial charge in [-0.15, -0.1) is 0 Å². The van der Waals surface area contributed by atoms with Gasteiger partial charge in [0.05, 0.1) is 10.9 Å². The van der Waals surface area contributed by atoms with E-state index in [1.165, 1.54) is 23.9 Å². The molecule has 25 heavy (non-hydrogen) atoms. The van der Waals surface area contributed by atoms with Crippen molar-refractivity contribution in [3.05, 3.63) is 38.7 Å². The third kappa shape index (κ3) is 3.09. The molecule has 3 rings (SSSR count). The maximum Gasteiger partial charge on any atom is 0.332 e. The lowest BCUT2D eigenvalue weighted by molar-refractivity contribution is 0.0908. The number of rotatable bonds is 3. The number of hydrogen-bond donors (Lipinski definition) is 2. The van der Waals surface area contributed by atoms with Crippen LogP contribution in [0.2, 0.25) is 0 Å². The van der Waals surface area contributed by atoms with E-state index < -0.39 is 11.2 Å². The first kappa shape index (κ1) is 17.3. The largest absolute Gasteiger partial charge is 0.349 e. The van der Waals surface area contributed by atoms with Crippen molar-refractivity contribution in [3.8, 4) is 0 Å². The molecular weight excluding hydrogens is 322 g/mol. The van der Waals surface area contributed by atoms with E-state index in [2.05, 4.69) is 10.3 Å². The molecule has 0 saturated heterocycles. The zero-order chi connectivity index (χ0) is 18.1. The Morgan fingerprint density at radius 2 is 2.00 bits per heavy atom. The summed E-state index contributed by atoms with van der Waals surface area (Å²) < 4.78 is 2.31. The molecule has 1 saturated carbocycles. The van der Waals surface area contributed by atoms with Crippen molar-refractivity contribution in [2.75, 3.05) is 6.54 Å². The lowest BCUT2D eigenvalue weighted by atomic mass is 9.84. The van der Waals surface area contributed by atoms with E-state index in [-0.39, 0.29) is 28.9 Å². The van der Waals surface area contributed by atoms with E-state index in [4.69, 9.17) is 5.73 Å². The molecule has 8 heteroatoms. The number of aryl methyl sites for hydroxylation is 1. The van der Waals surface area contributed by atoms with Gasteiger partial charge in [0.1, 0.15) is 5.65 Å². The second-order valence-corrected chi connectivity index (χ2v) is 6.66. The van der Waals surface area contributed by atoms with Crippen LogP contribution >= 0.6 is 0 Å². The van der Waals surface area contributed by atoms with Gasteiger partial charge in [-0.2, -0.15) is 0 Å². The van der Waals surface area contributed by atoms with Crippen LogP contribution < -0.4 is 22.3 Å². The predicted molar refractivity (Wildman–Crippen MR) is 94.5 cm³/mol. The van der Waals surface area contributed by atoms with Gasteiger partial charge < -0.3 is 11.1 Å². The summed E-state index contributed by atoms with van der Waals surface area (Å²) in [6, 6.07) is 1.55. The van der Waals surface area contributed by atoms with Crippen molar-refractivity contribution >= 4 is 16.9 Å². The molecule has 2 heterocycles. The summed E-state index contributed by atoms with van der Waals surface area (Å²) in [7, 11) is 2.95. The number of fused-ring (bicyclic) bond motifs is 1. The van der Waals surface area contributed by atoms with Crippen molar-refractivity contribution in [3.63, 3.8) is 0 Å². The van der Waals surface area contributed by atoms with Gasteiger partial charge in [-0.1, -0.05) is 12.8 Å². The third-order valence-corrected chi connectivity index (χ3v) is 5.08. The minimum absolute atomic E-state index is 0.0462. The minimum atomic E-state index is -0.460. The van der Waals surface area contributed by atoms with Crippen LogP contribution in [0.1, 0.15) is 36.0 Å². The van der Waals surface area contributed by atoms with Gasteiger partial charge in [-0.3, -0.25) is 18.7 Å². The molecule has 8 nitrogen and oxygen atoms in total. The lowest BCUT2D eigenvalue weighted by Crippen LogP contribution is -2.44. The van der Waals surface area contributed by atoms with Gasteiger partial charge in [-0.05, 0) is 31.4 Å². The first-order valence-corrected chi connectivity index (χ1v) is 8.50. The highest BCUT2D eigenvalue weighted by Crippen LogP contribution is 2.23. The lowest BCUT2D eigenvalue weighted by Gasteiger charge is -2.31. The Morgan fingerprint density at radius 1 is 1.28 bits per heavy atom. The Bertz CT molecular complexity index is 930. The van der Waals surface area contributed by atoms with Crippen molar-refractivity contribution in [2.45, 2.75) is 31.7 Å². The summed E-state index contributed by atoms with van der Waals surface area (Å²) in [5.74, 6) is 0.00969. The Morgan fingerprint density at radius 3 is 2.72 bits per heavy atom. The van der Waals surface area contributed by atoms with Crippen LogP contribution in [0.15, 0.2) is 21.9 Å². The van der Waals surface area contributed by atoms with Crippen LogP contribution in [0.5, 0.6) is 0 Å². The predicted octanol–water partition coefficient (Wildman–Crippen LogP) is -0.120. The zero-order valence-electron chi connectivity index (χ0n) is 14.5. The van der Waals surface area contributed by atoms with Crippen LogP contribution in [-0.2, 0) is 14.1 Å². The van der Waals surface area contributed by atoms with Crippen LogP contribution in [0.3, 0.4) is 0 Å². The second-order valence-electron chi connectivity index (χ2n) is 6.66. The topological polar surface area (TPSA) is 112 Å². The maximum absolute atomic E-state index is 12.6. The molecule has 1 fully saturated rings. The van der Waals surface area contributed by atoms with Gasteiger partial charge in [0.25, 0.3) is 11.5 Å². The van der Waals surface area contributed by atoms with E-state index in [0.29, 0.717) is 12.1 Å². The normalized spacial score (nSPS) is 20.6. The van der Waals surface area contributed by atoms with Crippen molar-refractivity contribution in [2.24, 2.45) is 25.7 Å². The fraction of sp³-hybridized carbons (Fsp3) is 0.529. The minimum Gasteiger partial charge on any atom is -0.349 e. The van der Waals surface area contributed by atoms with Crippen LogP contribution in [-0.4, -0.2) is 32.6 Å². The third-order valence-electron chi connectivity index (χ3n) is 5.08. The summed E-state index contributed by atoms with van der Waals surface area (Å²) in [6.07, 6.45) is 5.53. The number of nitrogens with one attached hydrogen (secondary N) is 1. The first-order valence-electron chi connectivity index (χ1n) is 8.50. The van der Waals surface area contributed by atoms with Crippen LogP contribution in [0.4, 0.5) is 0 Å². The number of aromatic nitrogens is 3. The summed E-state index contributed by atoms with van der Waals surface area (Å²) in [5.41, 5.74) is 5.48. The number of pyridine rings is 1. The molecule has 3 N–H and O–H groups in total. The second kappa shape index (κ2) is 6.79. The molecule has 2 aromatic heterocycles. The number of nitrogens with two attached hydrogens (primary N) is 1. The summed E-state index contributed by atoms with van der Waals surface area (Å²) >= 11 is 0. The molecule has 1 aliphatic rings. The molecule has 2 atom stereocenters. The van der Waals surface area contributed by atoms with E-state index in [9.17, 15) is 14.4 Å². The fourth-order valence-corrected chi connectivity index (χ4v) is 3.52. The first-order chi connectivity index (χ1) is 11.9. The van der Waals surface area contributed by atoms with Gasteiger partial charge in [0.15, 0.2) is 0 Å². The highest BCUT2D eigenvalue weighted by atomic mass is 16.2.